The van der Waals surface area contributed by atoms with Crippen LogP contribution < -0.4 is 10.6 Å². The summed E-state index contributed by atoms with van der Waals surface area (Å²) in [4.78, 5) is 36.1. The van der Waals surface area contributed by atoms with Crippen LogP contribution >= 0.6 is 0 Å². The molecule has 3 N–H and O–H groups in total. The second-order valence-electron chi connectivity index (χ2n) is 5.50. The largest absolute Gasteiger partial charge is 0.481 e. The average molecular weight is 283 g/mol. The number of carboxylic acid groups (broad SMARTS) is 1. The van der Waals surface area contributed by atoms with Crippen LogP contribution in [0.4, 0.5) is 4.79 Å². The van der Waals surface area contributed by atoms with E-state index in [0.717, 1.165) is 0 Å². The highest BCUT2D eigenvalue weighted by Gasteiger charge is 2.32. The molecule has 1 unspecified atom stereocenters. The molecule has 0 spiro atoms. The summed E-state index contributed by atoms with van der Waals surface area (Å²) in [5, 5.41) is 14.6. The first kappa shape index (κ1) is 14.6. The molecule has 7 nitrogen and oxygen atoms in total. The Morgan fingerprint density at radius 1 is 1.30 bits per heavy atom. The summed E-state index contributed by atoms with van der Waals surface area (Å²) in [6, 6.07) is -0.680. The van der Waals surface area contributed by atoms with E-state index in [9.17, 15) is 14.4 Å². The summed E-state index contributed by atoms with van der Waals surface area (Å²) in [5.41, 5.74) is 0. The number of aliphatic carboxylic acids is 1. The van der Waals surface area contributed by atoms with Crippen molar-refractivity contribution in [3.63, 3.8) is 0 Å². The standard InChI is InChI=1S/C13H21N3O4/c1-8-11(17)14-6-7-16(8)13(20)15-10-4-2-9(3-5-10)12(18)19/h8-10H,2-7H2,1H3,(H,14,17)(H,15,20)(H,18,19). The molecule has 1 aliphatic heterocycles. The second kappa shape index (κ2) is 6.11. The van der Waals surface area contributed by atoms with Crippen LogP contribution in [-0.2, 0) is 9.59 Å². The fraction of sp³-hybridized carbons (Fsp3) is 0.769. The number of rotatable bonds is 2. The zero-order chi connectivity index (χ0) is 14.7. The molecule has 2 fully saturated rings. The van der Waals surface area contributed by atoms with Crippen molar-refractivity contribution in [2.45, 2.75) is 44.7 Å². The van der Waals surface area contributed by atoms with E-state index in [1.54, 1.807) is 6.92 Å². The maximum atomic E-state index is 12.2. The van der Waals surface area contributed by atoms with Crippen molar-refractivity contribution in [1.82, 2.24) is 15.5 Å². The van der Waals surface area contributed by atoms with Gasteiger partial charge >= 0.3 is 12.0 Å². The van der Waals surface area contributed by atoms with Crippen LogP contribution in [-0.4, -0.2) is 53.1 Å². The summed E-state index contributed by atoms with van der Waals surface area (Å²) < 4.78 is 0. The summed E-state index contributed by atoms with van der Waals surface area (Å²) >= 11 is 0. The van der Waals surface area contributed by atoms with Crippen molar-refractivity contribution in [2.75, 3.05) is 13.1 Å². The third-order valence-corrected chi connectivity index (χ3v) is 4.16. The highest BCUT2D eigenvalue weighted by atomic mass is 16.4. The summed E-state index contributed by atoms with van der Waals surface area (Å²) in [7, 11) is 0. The Hall–Kier alpha value is -1.79. The van der Waals surface area contributed by atoms with Crippen LogP contribution in [0.1, 0.15) is 32.6 Å². The molecule has 0 radical (unpaired) electrons. The van der Waals surface area contributed by atoms with Gasteiger partial charge in [0.1, 0.15) is 6.04 Å². The predicted molar refractivity (Wildman–Crippen MR) is 71.1 cm³/mol. The Kier molecular flexibility index (Phi) is 4.46. The first-order valence-electron chi connectivity index (χ1n) is 7.06. The number of nitrogens with one attached hydrogen (secondary N) is 2. The van der Waals surface area contributed by atoms with Crippen LogP contribution in [0.3, 0.4) is 0 Å². The smallest absolute Gasteiger partial charge is 0.318 e. The fourth-order valence-corrected chi connectivity index (χ4v) is 2.80. The molecule has 1 heterocycles. The number of hydrogen-bond acceptors (Lipinski definition) is 3. The van der Waals surface area contributed by atoms with Crippen molar-refractivity contribution < 1.29 is 19.5 Å². The van der Waals surface area contributed by atoms with Gasteiger partial charge in [-0.05, 0) is 32.6 Å². The van der Waals surface area contributed by atoms with Gasteiger partial charge in [0.05, 0.1) is 5.92 Å². The monoisotopic (exact) mass is 283 g/mol. The van der Waals surface area contributed by atoms with Gasteiger partial charge in [0.2, 0.25) is 5.91 Å². The van der Waals surface area contributed by atoms with Crippen LogP contribution in [0.2, 0.25) is 0 Å². The lowest BCUT2D eigenvalue weighted by atomic mass is 9.86. The van der Waals surface area contributed by atoms with Gasteiger partial charge in [-0.15, -0.1) is 0 Å². The lowest BCUT2D eigenvalue weighted by Gasteiger charge is -2.35. The molecule has 1 saturated carbocycles. The van der Waals surface area contributed by atoms with Gasteiger partial charge in [-0.3, -0.25) is 9.59 Å². The highest BCUT2D eigenvalue weighted by Crippen LogP contribution is 2.24. The van der Waals surface area contributed by atoms with Crippen molar-refractivity contribution in [3.8, 4) is 0 Å². The van der Waals surface area contributed by atoms with Gasteiger partial charge in [-0.25, -0.2) is 4.79 Å². The van der Waals surface area contributed by atoms with E-state index in [1.165, 1.54) is 4.90 Å². The SMILES string of the molecule is CC1C(=O)NCCN1C(=O)NC1CCC(C(=O)O)CC1. The number of hydrogen-bond donors (Lipinski definition) is 3. The molecule has 20 heavy (non-hydrogen) atoms. The van der Waals surface area contributed by atoms with Crippen molar-refractivity contribution >= 4 is 17.9 Å². The number of nitrogens with zero attached hydrogens (tertiary/aromatic N) is 1. The van der Waals surface area contributed by atoms with Crippen molar-refractivity contribution in [1.29, 1.82) is 0 Å². The maximum Gasteiger partial charge on any atom is 0.318 e. The summed E-state index contributed by atoms with van der Waals surface area (Å²) in [6.45, 7) is 2.68. The second-order valence-corrected chi connectivity index (χ2v) is 5.50. The predicted octanol–water partition coefficient (Wildman–Crippen LogP) is 0.160. The Labute approximate surface area is 117 Å². The quantitative estimate of drug-likeness (QED) is 0.672. The first-order chi connectivity index (χ1) is 9.49. The minimum Gasteiger partial charge on any atom is -0.481 e. The first-order valence-corrected chi connectivity index (χ1v) is 7.06. The fourth-order valence-electron chi connectivity index (χ4n) is 2.80. The van der Waals surface area contributed by atoms with Crippen molar-refractivity contribution in [2.24, 2.45) is 5.92 Å². The van der Waals surface area contributed by atoms with E-state index < -0.39 is 12.0 Å². The number of amides is 3. The normalized spacial score (nSPS) is 30.6. The molecule has 2 aliphatic rings. The number of carbonyl (C=O) groups excluding carboxylic acids is 2. The van der Waals surface area contributed by atoms with Crippen LogP contribution in [0.15, 0.2) is 0 Å². The molecule has 0 aromatic carbocycles. The third-order valence-electron chi connectivity index (χ3n) is 4.16. The molecule has 0 aromatic rings. The number of urea groups is 1. The van der Waals surface area contributed by atoms with E-state index in [2.05, 4.69) is 10.6 Å². The molecular formula is C13H21N3O4. The van der Waals surface area contributed by atoms with E-state index in [4.69, 9.17) is 5.11 Å². The molecule has 0 bridgehead atoms. The lowest BCUT2D eigenvalue weighted by molar-refractivity contribution is -0.142. The number of piperazine rings is 1. The van der Waals surface area contributed by atoms with Gasteiger partial charge < -0.3 is 20.6 Å². The van der Waals surface area contributed by atoms with Crippen LogP contribution in [0.25, 0.3) is 0 Å². The summed E-state index contributed by atoms with van der Waals surface area (Å²) in [6.07, 6.45) is 2.54. The van der Waals surface area contributed by atoms with Gasteiger partial charge in [-0.2, -0.15) is 0 Å². The van der Waals surface area contributed by atoms with Crippen LogP contribution in [0, 0.1) is 5.92 Å². The Bertz CT molecular complexity index is 404. The molecule has 1 saturated heterocycles. The average Bonchev–Trinajstić information content (AvgIpc) is 2.42. The van der Waals surface area contributed by atoms with Crippen molar-refractivity contribution in [3.05, 3.63) is 0 Å². The van der Waals surface area contributed by atoms with E-state index in [0.29, 0.717) is 38.8 Å². The number of carbonyl (C=O) groups is 3. The molecule has 7 heteroatoms. The lowest BCUT2D eigenvalue weighted by Crippen LogP contribution is -2.59. The Balaban J connectivity index is 1.83. The molecule has 3 amide bonds. The Morgan fingerprint density at radius 3 is 2.55 bits per heavy atom. The Morgan fingerprint density at radius 2 is 1.95 bits per heavy atom. The van der Waals surface area contributed by atoms with Crippen LogP contribution in [0.5, 0.6) is 0 Å². The van der Waals surface area contributed by atoms with Gasteiger partial charge in [0.15, 0.2) is 0 Å². The molecule has 2 rings (SSSR count). The molecule has 0 aromatic heterocycles. The highest BCUT2D eigenvalue weighted by molar-refractivity contribution is 5.87. The molecule has 112 valence electrons. The topological polar surface area (TPSA) is 98.7 Å². The van der Waals surface area contributed by atoms with E-state index in [1.807, 2.05) is 0 Å². The maximum absolute atomic E-state index is 12.2. The van der Waals surface area contributed by atoms with E-state index in [-0.39, 0.29) is 23.9 Å². The van der Waals surface area contributed by atoms with Gasteiger partial charge in [0, 0.05) is 19.1 Å². The number of carboxylic acids is 1. The van der Waals surface area contributed by atoms with E-state index >= 15 is 0 Å². The molecule has 1 aliphatic carbocycles. The minimum atomic E-state index is -0.754. The molecular weight excluding hydrogens is 262 g/mol. The molecule has 1 atom stereocenters. The third kappa shape index (κ3) is 3.20. The minimum absolute atomic E-state index is 0.00953. The summed E-state index contributed by atoms with van der Waals surface area (Å²) in [5.74, 6) is -1.18. The van der Waals surface area contributed by atoms with Gasteiger partial charge in [-0.1, -0.05) is 0 Å². The zero-order valence-corrected chi connectivity index (χ0v) is 11.6. The zero-order valence-electron chi connectivity index (χ0n) is 11.6. The van der Waals surface area contributed by atoms with Gasteiger partial charge in [0.25, 0.3) is 0 Å².